The molecule has 0 saturated carbocycles. The average molecular weight is 422 g/mol. The average Bonchev–Trinajstić information content (AvgIpc) is 3.26. The zero-order chi connectivity index (χ0) is 21.5. The van der Waals surface area contributed by atoms with Gasteiger partial charge in [0.2, 0.25) is 5.91 Å². The number of amides is 1. The molecule has 3 heterocycles. The van der Waals surface area contributed by atoms with Gasteiger partial charge in [0.25, 0.3) is 0 Å². The Kier molecular flexibility index (Phi) is 6.91. The van der Waals surface area contributed by atoms with E-state index in [4.69, 9.17) is 9.47 Å². The van der Waals surface area contributed by atoms with Gasteiger partial charge in [-0.15, -0.1) is 0 Å². The van der Waals surface area contributed by atoms with E-state index in [-0.39, 0.29) is 12.0 Å². The maximum absolute atomic E-state index is 13.1. The van der Waals surface area contributed by atoms with Crippen LogP contribution >= 0.6 is 0 Å². The van der Waals surface area contributed by atoms with Crippen molar-refractivity contribution in [1.29, 1.82) is 0 Å². The van der Waals surface area contributed by atoms with Crippen LogP contribution in [-0.2, 0) is 29.2 Å². The van der Waals surface area contributed by atoms with E-state index >= 15 is 0 Å². The molecular formula is C23H27N5O3. The fourth-order valence-corrected chi connectivity index (χ4v) is 3.67. The number of nitrogens with one attached hydrogen (secondary N) is 1. The highest BCUT2D eigenvalue weighted by Crippen LogP contribution is 2.17. The van der Waals surface area contributed by atoms with Gasteiger partial charge in [0.05, 0.1) is 32.9 Å². The number of H-pyrrole nitrogens is 1. The summed E-state index contributed by atoms with van der Waals surface area (Å²) in [6, 6.07) is 11.7. The van der Waals surface area contributed by atoms with E-state index < -0.39 is 0 Å². The van der Waals surface area contributed by atoms with Gasteiger partial charge in [-0.2, -0.15) is 0 Å². The highest BCUT2D eigenvalue weighted by atomic mass is 16.5. The van der Waals surface area contributed by atoms with Gasteiger partial charge in [0.1, 0.15) is 11.6 Å². The fourth-order valence-electron chi connectivity index (χ4n) is 3.67. The molecule has 4 rings (SSSR count). The lowest BCUT2D eigenvalue weighted by molar-refractivity contribution is -0.132. The molecule has 0 aliphatic carbocycles. The number of rotatable bonds is 8. The molecule has 0 unspecified atom stereocenters. The number of nitrogens with zero attached hydrogens (tertiary/aromatic N) is 4. The number of aromatic amines is 1. The summed E-state index contributed by atoms with van der Waals surface area (Å²) in [4.78, 5) is 28.6. The summed E-state index contributed by atoms with van der Waals surface area (Å²) >= 11 is 0. The number of hydrogen-bond donors (Lipinski definition) is 1. The Hall–Kier alpha value is -3.23. The van der Waals surface area contributed by atoms with Crippen LogP contribution in [0.4, 0.5) is 0 Å². The largest absolute Gasteiger partial charge is 0.497 e. The van der Waals surface area contributed by atoms with Gasteiger partial charge in [-0.05, 0) is 29.3 Å². The number of aromatic nitrogens is 3. The Morgan fingerprint density at radius 1 is 1.10 bits per heavy atom. The third kappa shape index (κ3) is 5.90. The zero-order valence-corrected chi connectivity index (χ0v) is 17.6. The molecule has 1 saturated heterocycles. The molecule has 1 aliphatic rings. The second kappa shape index (κ2) is 10.2. The van der Waals surface area contributed by atoms with E-state index in [1.54, 1.807) is 31.9 Å². The van der Waals surface area contributed by atoms with Crippen LogP contribution in [0.2, 0.25) is 0 Å². The van der Waals surface area contributed by atoms with E-state index in [1.807, 2.05) is 41.3 Å². The second-order valence-corrected chi connectivity index (χ2v) is 7.62. The molecule has 2 aromatic heterocycles. The fraction of sp³-hybridized carbons (Fsp3) is 0.348. The van der Waals surface area contributed by atoms with Crippen molar-refractivity contribution < 1.29 is 14.3 Å². The van der Waals surface area contributed by atoms with E-state index in [1.165, 1.54) is 0 Å². The maximum Gasteiger partial charge on any atom is 0.237 e. The lowest BCUT2D eigenvalue weighted by atomic mass is 10.2. The highest BCUT2D eigenvalue weighted by molar-refractivity contribution is 5.78. The number of carbonyl (C=O) groups excluding carboxylic acids is 1. The van der Waals surface area contributed by atoms with Gasteiger partial charge in [0.15, 0.2) is 0 Å². The summed E-state index contributed by atoms with van der Waals surface area (Å²) in [6.45, 7) is 3.05. The van der Waals surface area contributed by atoms with Crippen molar-refractivity contribution in [2.75, 3.05) is 26.7 Å². The Morgan fingerprint density at radius 3 is 2.68 bits per heavy atom. The molecule has 162 valence electrons. The van der Waals surface area contributed by atoms with Crippen LogP contribution < -0.4 is 4.74 Å². The van der Waals surface area contributed by atoms with Crippen molar-refractivity contribution in [2.45, 2.75) is 25.8 Å². The third-order valence-electron chi connectivity index (χ3n) is 5.27. The van der Waals surface area contributed by atoms with E-state index in [2.05, 4.69) is 19.9 Å². The van der Waals surface area contributed by atoms with Crippen LogP contribution in [-0.4, -0.2) is 63.5 Å². The number of methoxy groups -OCH3 is 1. The summed E-state index contributed by atoms with van der Waals surface area (Å²) in [6.07, 6.45) is 6.94. The number of benzene rings is 1. The highest BCUT2D eigenvalue weighted by Gasteiger charge is 2.29. The van der Waals surface area contributed by atoms with Crippen LogP contribution in [0.3, 0.4) is 0 Å². The number of imidazole rings is 1. The van der Waals surface area contributed by atoms with Crippen LogP contribution in [0.5, 0.6) is 5.75 Å². The SMILES string of the molecule is COc1ccc(CN2C[C@H](OCc3cccnc3)CN(Cc3ncc[nH]3)CC2=O)cc1. The molecule has 1 N–H and O–H groups in total. The van der Waals surface area contributed by atoms with Crippen molar-refractivity contribution in [2.24, 2.45) is 0 Å². The van der Waals surface area contributed by atoms with Gasteiger partial charge in [-0.1, -0.05) is 18.2 Å². The quantitative estimate of drug-likeness (QED) is 0.601. The summed E-state index contributed by atoms with van der Waals surface area (Å²) < 4.78 is 11.5. The minimum absolute atomic E-state index is 0.0786. The molecule has 0 bridgehead atoms. The van der Waals surface area contributed by atoms with Crippen LogP contribution in [0.1, 0.15) is 17.0 Å². The molecule has 8 nitrogen and oxygen atoms in total. The Morgan fingerprint density at radius 2 is 1.97 bits per heavy atom. The number of carbonyl (C=O) groups is 1. The monoisotopic (exact) mass is 421 g/mol. The van der Waals surface area contributed by atoms with Gasteiger partial charge >= 0.3 is 0 Å². The van der Waals surface area contributed by atoms with Crippen molar-refractivity contribution in [1.82, 2.24) is 24.8 Å². The summed E-state index contributed by atoms with van der Waals surface area (Å²) in [5.41, 5.74) is 2.07. The topological polar surface area (TPSA) is 83.6 Å². The molecule has 8 heteroatoms. The predicted octanol–water partition coefficient (Wildman–Crippen LogP) is 2.24. The number of ether oxygens (including phenoxy) is 2. The standard InChI is InChI=1S/C23H27N5O3/c1-30-20-6-4-18(5-7-20)12-28-14-21(31-17-19-3-2-8-24-11-19)13-27(16-23(28)29)15-22-25-9-10-26-22/h2-11,21H,12-17H2,1H3,(H,25,26)/t21-/m1/s1. The molecule has 1 atom stereocenters. The lowest BCUT2D eigenvalue weighted by Gasteiger charge is -2.25. The van der Waals surface area contributed by atoms with E-state index in [9.17, 15) is 4.79 Å². The van der Waals surface area contributed by atoms with Gasteiger partial charge in [-0.25, -0.2) is 4.98 Å². The zero-order valence-electron chi connectivity index (χ0n) is 17.6. The Labute approximate surface area is 181 Å². The minimum atomic E-state index is -0.125. The smallest absolute Gasteiger partial charge is 0.237 e. The third-order valence-corrected chi connectivity index (χ3v) is 5.27. The number of hydrogen-bond acceptors (Lipinski definition) is 6. The molecule has 31 heavy (non-hydrogen) atoms. The van der Waals surface area contributed by atoms with Crippen molar-refractivity contribution >= 4 is 5.91 Å². The first kappa shape index (κ1) is 21.0. The number of pyridine rings is 1. The first-order valence-electron chi connectivity index (χ1n) is 10.3. The van der Waals surface area contributed by atoms with Crippen LogP contribution in [0, 0.1) is 0 Å². The van der Waals surface area contributed by atoms with Crippen LogP contribution in [0.15, 0.2) is 61.2 Å². The molecule has 0 radical (unpaired) electrons. The van der Waals surface area contributed by atoms with Crippen molar-refractivity contribution in [3.8, 4) is 5.75 Å². The first-order chi connectivity index (χ1) is 15.2. The molecule has 3 aromatic rings. The van der Waals surface area contributed by atoms with Crippen molar-refractivity contribution in [3.05, 3.63) is 78.1 Å². The first-order valence-corrected chi connectivity index (χ1v) is 10.3. The van der Waals surface area contributed by atoms with Gasteiger partial charge < -0.3 is 19.4 Å². The van der Waals surface area contributed by atoms with E-state index in [0.29, 0.717) is 39.3 Å². The second-order valence-electron chi connectivity index (χ2n) is 7.62. The molecule has 1 amide bonds. The van der Waals surface area contributed by atoms with Crippen molar-refractivity contribution in [3.63, 3.8) is 0 Å². The Bertz CT molecular complexity index is 947. The van der Waals surface area contributed by atoms with Crippen LogP contribution in [0.25, 0.3) is 0 Å². The maximum atomic E-state index is 13.1. The minimum Gasteiger partial charge on any atom is -0.497 e. The molecule has 1 fully saturated rings. The Balaban J connectivity index is 1.47. The van der Waals surface area contributed by atoms with Gasteiger partial charge in [0, 0.05) is 44.4 Å². The van der Waals surface area contributed by atoms with Gasteiger partial charge in [-0.3, -0.25) is 14.7 Å². The molecular weight excluding hydrogens is 394 g/mol. The molecule has 0 spiro atoms. The summed E-state index contributed by atoms with van der Waals surface area (Å²) in [5, 5.41) is 0. The lowest BCUT2D eigenvalue weighted by Crippen LogP contribution is -2.37. The normalized spacial score (nSPS) is 17.5. The van der Waals surface area contributed by atoms with E-state index in [0.717, 1.165) is 22.7 Å². The predicted molar refractivity (Wildman–Crippen MR) is 115 cm³/mol. The molecule has 1 aliphatic heterocycles. The summed E-state index contributed by atoms with van der Waals surface area (Å²) in [7, 11) is 1.64. The summed E-state index contributed by atoms with van der Waals surface area (Å²) in [5.74, 6) is 1.71. The molecule has 1 aromatic carbocycles.